The van der Waals surface area contributed by atoms with Crippen LogP contribution in [0.1, 0.15) is 36.5 Å². The van der Waals surface area contributed by atoms with Gasteiger partial charge in [-0.1, -0.05) is 56.3 Å². The van der Waals surface area contributed by atoms with Crippen LogP contribution in [0, 0.1) is 0 Å². The monoisotopic (exact) mass is 327 g/mol. The number of rotatable bonds is 8. The molecule has 4 heteroatoms. The molecule has 0 saturated carbocycles. The predicted octanol–water partition coefficient (Wildman–Crippen LogP) is 3.04. The fraction of sp³-hybridized carbons (Fsp3) is 0.350. The minimum Gasteiger partial charge on any atom is -0.483 e. The van der Waals surface area contributed by atoms with Crippen molar-refractivity contribution in [1.29, 1.82) is 0 Å². The average molecular weight is 327 g/mol. The van der Waals surface area contributed by atoms with Gasteiger partial charge >= 0.3 is 0 Å². The van der Waals surface area contributed by atoms with Gasteiger partial charge in [0.25, 0.3) is 5.91 Å². The number of hydrogen-bond acceptors (Lipinski definition) is 3. The molecule has 2 rings (SSSR count). The number of aliphatic hydroxyl groups excluding tert-OH is 1. The zero-order valence-corrected chi connectivity index (χ0v) is 14.3. The first-order chi connectivity index (χ1) is 11.6. The van der Waals surface area contributed by atoms with Crippen molar-refractivity contribution in [1.82, 2.24) is 5.32 Å². The highest BCUT2D eigenvalue weighted by atomic mass is 16.5. The number of amides is 1. The molecule has 2 aromatic carbocycles. The Labute approximate surface area is 143 Å². The number of nitrogens with one attached hydrogen (secondary N) is 1. The van der Waals surface area contributed by atoms with Crippen LogP contribution < -0.4 is 10.1 Å². The maximum absolute atomic E-state index is 11.9. The molecule has 128 valence electrons. The van der Waals surface area contributed by atoms with Gasteiger partial charge in [0.2, 0.25) is 0 Å². The van der Waals surface area contributed by atoms with Crippen molar-refractivity contribution in [2.75, 3.05) is 13.2 Å². The number of aliphatic hydroxyl groups is 1. The third kappa shape index (κ3) is 5.39. The number of para-hydroxylation sites is 1. The molecule has 2 N–H and O–H groups in total. The molecule has 1 amide bonds. The van der Waals surface area contributed by atoms with Crippen molar-refractivity contribution in [2.45, 2.75) is 32.8 Å². The molecule has 0 unspecified atom stereocenters. The van der Waals surface area contributed by atoms with Crippen molar-refractivity contribution >= 4 is 5.91 Å². The fourth-order valence-corrected chi connectivity index (χ4v) is 2.39. The molecule has 0 spiro atoms. The minimum absolute atomic E-state index is 0.0523. The quantitative estimate of drug-likeness (QED) is 0.783. The molecule has 24 heavy (non-hydrogen) atoms. The van der Waals surface area contributed by atoms with Crippen LogP contribution in [-0.2, 0) is 17.8 Å². The third-order valence-corrected chi connectivity index (χ3v) is 3.88. The molecule has 0 radical (unpaired) electrons. The highest BCUT2D eigenvalue weighted by Crippen LogP contribution is 2.17. The van der Waals surface area contributed by atoms with Gasteiger partial charge in [-0.25, -0.2) is 0 Å². The second-order valence-electron chi connectivity index (χ2n) is 6.05. The highest BCUT2D eigenvalue weighted by molar-refractivity contribution is 5.77. The van der Waals surface area contributed by atoms with E-state index in [9.17, 15) is 9.90 Å². The van der Waals surface area contributed by atoms with Gasteiger partial charge in [-0.15, -0.1) is 0 Å². The van der Waals surface area contributed by atoms with E-state index in [1.165, 1.54) is 11.1 Å². The first-order valence-electron chi connectivity index (χ1n) is 8.27. The topological polar surface area (TPSA) is 58.6 Å². The predicted molar refractivity (Wildman–Crippen MR) is 95.1 cm³/mol. The Morgan fingerprint density at radius 2 is 1.83 bits per heavy atom. The van der Waals surface area contributed by atoms with Crippen LogP contribution in [0.3, 0.4) is 0 Å². The van der Waals surface area contributed by atoms with E-state index < -0.39 is 0 Å². The molecular weight excluding hydrogens is 302 g/mol. The zero-order valence-electron chi connectivity index (χ0n) is 14.3. The smallest absolute Gasteiger partial charge is 0.257 e. The van der Waals surface area contributed by atoms with E-state index in [1.807, 2.05) is 12.1 Å². The lowest BCUT2D eigenvalue weighted by molar-refractivity contribution is -0.123. The van der Waals surface area contributed by atoms with Gasteiger partial charge in [0.05, 0.1) is 6.61 Å². The maximum Gasteiger partial charge on any atom is 0.257 e. The lowest BCUT2D eigenvalue weighted by Crippen LogP contribution is -2.30. The molecule has 0 aromatic heterocycles. The molecule has 4 nitrogen and oxygen atoms in total. The van der Waals surface area contributed by atoms with E-state index >= 15 is 0 Å². The van der Waals surface area contributed by atoms with E-state index in [0.29, 0.717) is 23.8 Å². The summed E-state index contributed by atoms with van der Waals surface area (Å²) >= 11 is 0. The molecule has 0 aliphatic heterocycles. The van der Waals surface area contributed by atoms with E-state index in [4.69, 9.17) is 4.74 Å². The van der Waals surface area contributed by atoms with Gasteiger partial charge in [0, 0.05) is 12.1 Å². The number of ether oxygens (including phenoxy) is 1. The number of carbonyl (C=O) groups excluding carboxylic acids is 1. The Hall–Kier alpha value is -2.33. The Morgan fingerprint density at radius 1 is 1.12 bits per heavy atom. The Balaban J connectivity index is 1.73. The summed E-state index contributed by atoms with van der Waals surface area (Å²) < 4.78 is 5.46. The fourth-order valence-electron chi connectivity index (χ4n) is 2.39. The van der Waals surface area contributed by atoms with Crippen LogP contribution in [0.25, 0.3) is 0 Å². The standard InChI is InChI=1S/C20H25NO3/c1-15(2)17-9-7-16(8-10-17)11-12-21-20(23)14-24-19-6-4-3-5-18(19)13-22/h3-10,15,22H,11-14H2,1-2H3,(H,21,23). The van der Waals surface area contributed by atoms with E-state index in [1.54, 1.807) is 12.1 Å². The van der Waals surface area contributed by atoms with Gasteiger partial charge in [-0.2, -0.15) is 0 Å². The Kier molecular flexibility index (Phi) is 6.82. The molecule has 0 saturated heterocycles. The highest BCUT2D eigenvalue weighted by Gasteiger charge is 2.06. The van der Waals surface area contributed by atoms with Crippen LogP contribution in [0.4, 0.5) is 0 Å². The van der Waals surface area contributed by atoms with Crippen molar-refractivity contribution in [2.24, 2.45) is 0 Å². The van der Waals surface area contributed by atoms with Gasteiger partial charge in [0.1, 0.15) is 5.75 Å². The van der Waals surface area contributed by atoms with Crippen LogP contribution in [0.2, 0.25) is 0 Å². The molecule has 2 aromatic rings. The second-order valence-corrected chi connectivity index (χ2v) is 6.05. The summed E-state index contributed by atoms with van der Waals surface area (Å²) in [6.07, 6.45) is 0.789. The van der Waals surface area contributed by atoms with E-state index in [-0.39, 0.29) is 19.1 Å². The normalized spacial score (nSPS) is 10.7. The SMILES string of the molecule is CC(C)c1ccc(CCNC(=O)COc2ccccc2CO)cc1. The average Bonchev–Trinajstić information content (AvgIpc) is 2.60. The Morgan fingerprint density at radius 3 is 2.50 bits per heavy atom. The summed E-state index contributed by atoms with van der Waals surface area (Å²) in [6.45, 7) is 4.76. The third-order valence-electron chi connectivity index (χ3n) is 3.88. The molecule has 0 bridgehead atoms. The minimum atomic E-state index is -0.165. The number of hydrogen-bond donors (Lipinski definition) is 2. The lowest BCUT2D eigenvalue weighted by atomic mass is 10.0. The lowest BCUT2D eigenvalue weighted by Gasteiger charge is -2.10. The first-order valence-corrected chi connectivity index (χ1v) is 8.27. The second kappa shape index (κ2) is 9.08. The molecule has 0 atom stereocenters. The molecule has 0 heterocycles. The van der Waals surface area contributed by atoms with Crippen molar-refractivity contribution in [3.63, 3.8) is 0 Å². The first kappa shape index (κ1) is 18.0. The van der Waals surface area contributed by atoms with E-state index in [2.05, 4.69) is 43.4 Å². The molecule has 0 aliphatic carbocycles. The zero-order chi connectivity index (χ0) is 17.4. The van der Waals surface area contributed by atoms with Crippen molar-refractivity contribution < 1.29 is 14.6 Å². The van der Waals surface area contributed by atoms with Crippen LogP contribution in [0.5, 0.6) is 5.75 Å². The Bertz CT molecular complexity index is 650. The summed E-state index contributed by atoms with van der Waals surface area (Å²) in [6, 6.07) is 15.6. The molecular formula is C20H25NO3. The summed E-state index contributed by atoms with van der Waals surface area (Å²) in [5, 5.41) is 12.1. The summed E-state index contributed by atoms with van der Waals surface area (Å²) in [7, 11) is 0. The van der Waals surface area contributed by atoms with Crippen molar-refractivity contribution in [3.05, 3.63) is 65.2 Å². The van der Waals surface area contributed by atoms with Crippen molar-refractivity contribution in [3.8, 4) is 5.75 Å². The maximum atomic E-state index is 11.9. The number of carbonyl (C=O) groups is 1. The molecule has 0 aliphatic rings. The van der Waals surface area contributed by atoms with Gasteiger partial charge in [0.15, 0.2) is 6.61 Å². The van der Waals surface area contributed by atoms with Crippen LogP contribution >= 0.6 is 0 Å². The largest absolute Gasteiger partial charge is 0.483 e. The van der Waals surface area contributed by atoms with Crippen LogP contribution in [-0.4, -0.2) is 24.2 Å². The summed E-state index contributed by atoms with van der Waals surface area (Å²) in [5.74, 6) is 0.902. The number of benzene rings is 2. The summed E-state index contributed by atoms with van der Waals surface area (Å²) in [5.41, 5.74) is 3.19. The van der Waals surface area contributed by atoms with Gasteiger partial charge in [-0.05, 0) is 29.5 Å². The van der Waals surface area contributed by atoms with E-state index in [0.717, 1.165) is 6.42 Å². The van der Waals surface area contributed by atoms with Crippen LogP contribution in [0.15, 0.2) is 48.5 Å². The van der Waals surface area contributed by atoms with Gasteiger partial charge < -0.3 is 15.2 Å². The van der Waals surface area contributed by atoms with Gasteiger partial charge in [-0.3, -0.25) is 4.79 Å². The summed E-state index contributed by atoms with van der Waals surface area (Å²) in [4.78, 5) is 11.9. The molecule has 0 fully saturated rings.